The Morgan fingerprint density at radius 1 is 1.50 bits per heavy atom. The van der Waals surface area contributed by atoms with Gasteiger partial charge in [-0.3, -0.25) is 4.79 Å². The molecule has 0 saturated carbocycles. The minimum absolute atomic E-state index is 0.0329. The van der Waals surface area contributed by atoms with Gasteiger partial charge in [0.1, 0.15) is 11.6 Å². The van der Waals surface area contributed by atoms with Crippen LogP contribution in [0.25, 0.3) is 0 Å². The maximum Gasteiger partial charge on any atom is 0.238 e. The zero-order valence-corrected chi connectivity index (χ0v) is 12.8. The molecule has 1 saturated heterocycles. The quantitative estimate of drug-likeness (QED) is 0.562. The summed E-state index contributed by atoms with van der Waals surface area (Å²) in [5.41, 5.74) is -1.40. The lowest BCUT2D eigenvalue weighted by Crippen LogP contribution is -2.50. The second kappa shape index (κ2) is 6.84. The number of hydrogen-bond donors (Lipinski definition) is 3. The molecule has 3 N–H and O–H groups in total. The number of nitrogens with zero attached hydrogens (tertiary/aromatic N) is 1. The van der Waals surface area contributed by atoms with Gasteiger partial charge in [0.2, 0.25) is 15.9 Å². The number of carbonyl (C=O) groups is 1. The molecule has 7 nitrogen and oxygen atoms in total. The fourth-order valence-corrected chi connectivity index (χ4v) is 3.91. The summed E-state index contributed by atoms with van der Waals surface area (Å²) in [4.78, 5) is 12.1. The molecule has 1 fully saturated rings. The van der Waals surface area contributed by atoms with Crippen molar-refractivity contribution in [1.82, 2.24) is 9.62 Å². The summed E-state index contributed by atoms with van der Waals surface area (Å²) in [6.07, 6.45) is 1.64. The maximum absolute atomic E-state index is 12.1. The molecule has 1 aliphatic heterocycles. The smallest absolute Gasteiger partial charge is 0.238 e. The first-order valence-electron chi connectivity index (χ1n) is 6.84. The Morgan fingerprint density at radius 2 is 2.15 bits per heavy atom. The van der Waals surface area contributed by atoms with Crippen LogP contribution in [0.3, 0.4) is 0 Å². The first kappa shape index (κ1) is 17.4. The highest BCUT2D eigenvalue weighted by Gasteiger charge is 2.38. The molecule has 1 heterocycles. The molecule has 2 unspecified atom stereocenters. The average molecular weight is 308 g/mol. The van der Waals surface area contributed by atoms with Crippen molar-refractivity contribution in [3.63, 3.8) is 0 Å². The van der Waals surface area contributed by atoms with Crippen LogP contribution in [0.5, 0.6) is 0 Å². The Kier molecular flexibility index (Phi) is 5.93. The van der Waals surface area contributed by atoms with Crippen molar-refractivity contribution in [3.05, 3.63) is 0 Å². The van der Waals surface area contributed by atoms with E-state index in [-0.39, 0.29) is 12.3 Å². The number of rotatable bonds is 7. The standard InChI is InChI=1S/C12H24N2O5S/c1-3-7-20(18,19)14-6-4-5-10(14)11(16)13-8-12(2,17)9-15/h10,15,17H,3-9H2,1-2H3,(H,13,16). The van der Waals surface area contributed by atoms with E-state index in [0.717, 1.165) is 0 Å². The van der Waals surface area contributed by atoms with Gasteiger partial charge < -0.3 is 15.5 Å². The van der Waals surface area contributed by atoms with Crippen LogP contribution >= 0.6 is 0 Å². The van der Waals surface area contributed by atoms with Gasteiger partial charge in [-0.05, 0) is 26.2 Å². The maximum atomic E-state index is 12.1. The van der Waals surface area contributed by atoms with Crippen LogP contribution in [0.1, 0.15) is 33.1 Å². The lowest BCUT2D eigenvalue weighted by molar-refractivity contribution is -0.125. The van der Waals surface area contributed by atoms with Crippen LogP contribution < -0.4 is 5.32 Å². The van der Waals surface area contributed by atoms with Gasteiger partial charge >= 0.3 is 0 Å². The number of carbonyl (C=O) groups excluding carboxylic acids is 1. The fraction of sp³-hybridized carbons (Fsp3) is 0.917. The zero-order chi connectivity index (χ0) is 15.4. The van der Waals surface area contributed by atoms with Gasteiger partial charge in [-0.1, -0.05) is 6.92 Å². The van der Waals surface area contributed by atoms with Gasteiger partial charge in [0.15, 0.2) is 0 Å². The molecule has 0 aromatic carbocycles. The number of sulfonamides is 1. The minimum Gasteiger partial charge on any atom is -0.393 e. The Bertz CT molecular complexity index is 435. The molecule has 0 aliphatic carbocycles. The highest BCUT2D eigenvalue weighted by molar-refractivity contribution is 7.89. The van der Waals surface area contributed by atoms with E-state index in [2.05, 4.69) is 5.32 Å². The van der Waals surface area contributed by atoms with Crippen LogP contribution in [0.2, 0.25) is 0 Å². The highest BCUT2D eigenvalue weighted by atomic mass is 32.2. The van der Waals surface area contributed by atoms with Gasteiger partial charge in [-0.2, -0.15) is 4.31 Å². The van der Waals surface area contributed by atoms with E-state index in [9.17, 15) is 18.3 Å². The molecule has 1 amide bonds. The first-order chi connectivity index (χ1) is 9.23. The van der Waals surface area contributed by atoms with Gasteiger partial charge in [0.25, 0.3) is 0 Å². The van der Waals surface area contributed by atoms with E-state index in [1.54, 1.807) is 6.92 Å². The van der Waals surface area contributed by atoms with Crippen molar-refractivity contribution in [2.45, 2.75) is 44.8 Å². The lowest BCUT2D eigenvalue weighted by atomic mass is 10.1. The van der Waals surface area contributed by atoms with E-state index < -0.39 is 34.2 Å². The van der Waals surface area contributed by atoms with E-state index >= 15 is 0 Å². The molecule has 0 aromatic heterocycles. The SMILES string of the molecule is CCCS(=O)(=O)N1CCCC1C(=O)NCC(C)(O)CO. The third-order valence-corrected chi connectivity index (χ3v) is 5.39. The van der Waals surface area contributed by atoms with Crippen LogP contribution in [-0.2, 0) is 14.8 Å². The van der Waals surface area contributed by atoms with Gasteiger partial charge in [0, 0.05) is 13.1 Å². The number of amides is 1. The summed E-state index contributed by atoms with van der Waals surface area (Å²) in [7, 11) is -3.40. The van der Waals surface area contributed by atoms with Crippen LogP contribution in [0.4, 0.5) is 0 Å². The molecule has 2 atom stereocenters. The second-order valence-corrected chi connectivity index (χ2v) is 7.50. The molecule has 0 radical (unpaired) electrons. The molecule has 1 rings (SSSR count). The Balaban J connectivity index is 2.68. The molecule has 1 aliphatic rings. The molecular weight excluding hydrogens is 284 g/mol. The Hall–Kier alpha value is -0.700. The largest absolute Gasteiger partial charge is 0.393 e. The van der Waals surface area contributed by atoms with E-state index in [1.807, 2.05) is 0 Å². The molecular formula is C12H24N2O5S. The van der Waals surface area contributed by atoms with Gasteiger partial charge in [-0.25, -0.2) is 8.42 Å². The van der Waals surface area contributed by atoms with E-state index in [4.69, 9.17) is 5.11 Å². The number of nitrogens with one attached hydrogen (secondary N) is 1. The lowest BCUT2D eigenvalue weighted by Gasteiger charge is -2.25. The molecule has 20 heavy (non-hydrogen) atoms. The molecule has 8 heteroatoms. The summed E-state index contributed by atoms with van der Waals surface area (Å²) in [5, 5.41) is 21.0. The molecule has 0 bridgehead atoms. The van der Waals surface area contributed by atoms with Crippen LogP contribution in [0.15, 0.2) is 0 Å². The summed E-state index contributed by atoms with van der Waals surface area (Å²) in [6.45, 7) is 2.95. The van der Waals surface area contributed by atoms with Crippen molar-refractivity contribution in [2.75, 3.05) is 25.4 Å². The summed E-state index contributed by atoms with van der Waals surface area (Å²) in [5.74, 6) is -0.388. The van der Waals surface area contributed by atoms with E-state index in [0.29, 0.717) is 25.8 Å². The summed E-state index contributed by atoms with van der Waals surface area (Å²) >= 11 is 0. The van der Waals surface area contributed by atoms with Gasteiger partial charge in [-0.15, -0.1) is 0 Å². The normalized spacial score (nSPS) is 23.5. The Labute approximate surface area is 120 Å². The molecule has 0 aromatic rings. The second-order valence-electron chi connectivity index (χ2n) is 5.46. The van der Waals surface area contributed by atoms with Crippen molar-refractivity contribution in [1.29, 1.82) is 0 Å². The Morgan fingerprint density at radius 3 is 2.70 bits per heavy atom. The average Bonchev–Trinajstić information content (AvgIpc) is 2.86. The minimum atomic E-state index is -3.40. The number of hydrogen-bond acceptors (Lipinski definition) is 5. The van der Waals surface area contributed by atoms with Crippen LogP contribution in [-0.4, -0.2) is 65.9 Å². The third-order valence-electron chi connectivity index (χ3n) is 3.31. The predicted octanol–water partition coefficient (Wildman–Crippen LogP) is -0.950. The topological polar surface area (TPSA) is 107 Å². The summed E-state index contributed by atoms with van der Waals surface area (Å²) < 4.78 is 25.4. The van der Waals surface area contributed by atoms with Crippen molar-refractivity contribution in [3.8, 4) is 0 Å². The monoisotopic (exact) mass is 308 g/mol. The number of aliphatic hydroxyl groups is 2. The fourth-order valence-electron chi connectivity index (χ4n) is 2.16. The summed E-state index contributed by atoms with van der Waals surface area (Å²) in [6, 6.07) is -0.707. The molecule has 0 spiro atoms. The van der Waals surface area contributed by atoms with E-state index in [1.165, 1.54) is 11.2 Å². The third kappa shape index (κ3) is 4.41. The van der Waals surface area contributed by atoms with Crippen molar-refractivity contribution < 1.29 is 23.4 Å². The van der Waals surface area contributed by atoms with Crippen molar-refractivity contribution >= 4 is 15.9 Å². The zero-order valence-electron chi connectivity index (χ0n) is 12.0. The highest BCUT2D eigenvalue weighted by Crippen LogP contribution is 2.22. The molecule has 118 valence electrons. The van der Waals surface area contributed by atoms with Crippen molar-refractivity contribution in [2.24, 2.45) is 0 Å². The number of aliphatic hydroxyl groups excluding tert-OH is 1. The van der Waals surface area contributed by atoms with Gasteiger partial charge in [0.05, 0.1) is 12.4 Å². The predicted molar refractivity (Wildman–Crippen MR) is 74.5 cm³/mol. The van der Waals surface area contributed by atoms with Crippen LogP contribution in [0, 0.1) is 0 Å². The first-order valence-corrected chi connectivity index (χ1v) is 8.45.